The number of hydrogen-bond donors (Lipinski definition) is 2. The molecule has 2 rings (SSSR count). The Balaban J connectivity index is 2.04. The third-order valence-electron chi connectivity index (χ3n) is 2.91. The minimum Gasteiger partial charge on any atom is -0.393 e. The van der Waals surface area contributed by atoms with Crippen LogP contribution in [0.4, 0.5) is 11.5 Å². The summed E-state index contributed by atoms with van der Waals surface area (Å²) in [4.78, 5) is 7.83. The van der Waals surface area contributed by atoms with Crippen LogP contribution in [0.2, 0.25) is 5.15 Å². The summed E-state index contributed by atoms with van der Waals surface area (Å²) < 4.78 is 10.8. The molecule has 0 radical (unpaired) electrons. The summed E-state index contributed by atoms with van der Waals surface area (Å²) in [6.45, 7) is 1.84. The molecule has 1 fully saturated rings. The lowest BCUT2D eigenvalue weighted by atomic mass is 10.0. The van der Waals surface area contributed by atoms with Gasteiger partial charge >= 0.3 is 0 Å². The van der Waals surface area contributed by atoms with Gasteiger partial charge in [-0.3, -0.25) is 0 Å². The highest BCUT2D eigenvalue weighted by atomic mass is 35.5. The van der Waals surface area contributed by atoms with E-state index in [2.05, 4.69) is 15.3 Å². The van der Waals surface area contributed by atoms with Crippen LogP contribution in [0.1, 0.15) is 6.42 Å². The minimum absolute atomic E-state index is 0.247. The number of ether oxygens (including phenoxy) is 2. The van der Waals surface area contributed by atoms with Crippen LogP contribution in [0.5, 0.6) is 0 Å². The van der Waals surface area contributed by atoms with Crippen molar-refractivity contribution in [3.05, 3.63) is 11.5 Å². The summed E-state index contributed by atoms with van der Waals surface area (Å²) in [6.07, 6.45) is 2.21. The number of hydrogen-bond acceptors (Lipinski definition) is 6. The van der Waals surface area contributed by atoms with Crippen LogP contribution in [0, 0.1) is 0 Å². The fourth-order valence-corrected chi connectivity index (χ4v) is 1.85. The summed E-state index contributed by atoms with van der Waals surface area (Å²) in [5.74, 6) is 0.522. The van der Waals surface area contributed by atoms with E-state index >= 15 is 0 Å². The van der Waals surface area contributed by atoms with Gasteiger partial charge in [0.1, 0.15) is 17.6 Å². The third-order valence-corrected chi connectivity index (χ3v) is 3.21. The van der Waals surface area contributed by atoms with Crippen molar-refractivity contribution < 1.29 is 9.47 Å². The van der Waals surface area contributed by atoms with E-state index in [1.807, 2.05) is 0 Å². The van der Waals surface area contributed by atoms with Crippen molar-refractivity contribution in [3.63, 3.8) is 0 Å². The molecule has 0 aromatic carbocycles. The molecule has 17 heavy (non-hydrogen) atoms. The second-order valence-corrected chi connectivity index (χ2v) is 4.33. The molecule has 0 aliphatic carbocycles. The van der Waals surface area contributed by atoms with Crippen molar-refractivity contribution in [3.8, 4) is 0 Å². The molecule has 1 atom stereocenters. The number of aromatic nitrogens is 2. The monoisotopic (exact) mass is 258 g/mol. The fourth-order valence-electron chi connectivity index (χ4n) is 1.72. The van der Waals surface area contributed by atoms with E-state index in [4.69, 9.17) is 26.8 Å². The molecule has 7 heteroatoms. The number of halogens is 1. The van der Waals surface area contributed by atoms with Crippen LogP contribution in [0.25, 0.3) is 0 Å². The predicted molar refractivity (Wildman–Crippen MR) is 65.1 cm³/mol. The lowest BCUT2D eigenvalue weighted by Gasteiger charge is -2.26. The molecule has 1 aromatic heterocycles. The molecule has 1 unspecified atom stereocenters. The minimum atomic E-state index is -0.316. The topological polar surface area (TPSA) is 82.3 Å². The maximum atomic E-state index is 5.81. The molecule has 1 aliphatic heterocycles. The van der Waals surface area contributed by atoms with Gasteiger partial charge in [-0.2, -0.15) is 0 Å². The Hall–Kier alpha value is -1.11. The first kappa shape index (κ1) is 12.3. The Kier molecular flexibility index (Phi) is 3.66. The molecule has 0 amide bonds. The van der Waals surface area contributed by atoms with Gasteiger partial charge in [0, 0.05) is 26.7 Å². The van der Waals surface area contributed by atoms with Crippen molar-refractivity contribution in [2.45, 2.75) is 12.0 Å². The highest BCUT2D eigenvalue weighted by Gasteiger charge is 2.34. The number of nitrogens with two attached hydrogens (primary N) is 1. The highest BCUT2D eigenvalue weighted by molar-refractivity contribution is 6.32. The maximum Gasteiger partial charge on any atom is 0.157 e. The van der Waals surface area contributed by atoms with Gasteiger partial charge in [0.2, 0.25) is 0 Å². The second kappa shape index (κ2) is 5.03. The smallest absolute Gasteiger partial charge is 0.157 e. The fraction of sp³-hybridized carbons (Fsp3) is 0.600. The van der Waals surface area contributed by atoms with Crippen LogP contribution >= 0.6 is 11.6 Å². The standard InChI is InChI=1S/C10H15ClN4O2/c1-16-10(2-3-17-5-10)4-13-9-7(12)8(11)14-6-15-9/h6H,2-5,12H2,1H3,(H,13,14,15). The Morgan fingerprint density at radius 1 is 1.65 bits per heavy atom. The Bertz CT molecular complexity index is 396. The largest absolute Gasteiger partial charge is 0.393 e. The Morgan fingerprint density at radius 2 is 2.47 bits per heavy atom. The Labute approximate surface area is 104 Å². The lowest BCUT2D eigenvalue weighted by molar-refractivity contribution is -0.00624. The van der Waals surface area contributed by atoms with Gasteiger partial charge in [-0.25, -0.2) is 9.97 Å². The van der Waals surface area contributed by atoms with E-state index in [9.17, 15) is 0 Å². The van der Waals surface area contributed by atoms with Gasteiger partial charge in [0.15, 0.2) is 11.0 Å². The molecule has 6 nitrogen and oxygen atoms in total. The molecule has 0 spiro atoms. The number of methoxy groups -OCH3 is 1. The van der Waals surface area contributed by atoms with Crippen molar-refractivity contribution in [1.29, 1.82) is 0 Å². The quantitative estimate of drug-likeness (QED) is 0.782. The first-order valence-corrected chi connectivity index (χ1v) is 5.67. The molecule has 1 aromatic rings. The molecule has 94 valence electrons. The summed E-state index contributed by atoms with van der Waals surface area (Å²) in [7, 11) is 1.67. The number of anilines is 2. The summed E-state index contributed by atoms with van der Waals surface area (Å²) in [5.41, 5.74) is 5.79. The number of nitrogens with one attached hydrogen (secondary N) is 1. The van der Waals surface area contributed by atoms with Gasteiger partial charge in [0.25, 0.3) is 0 Å². The first-order valence-electron chi connectivity index (χ1n) is 5.30. The molecule has 0 saturated carbocycles. The molecule has 1 saturated heterocycles. The van der Waals surface area contributed by atoms with Crippen LogP contribution in [-0.4, -0.2) is 42.4 Å². The van der Waals surface area contributed by atoms with Crippen molar-refractivity contribution in [2.75, 3.05) is 37.9 Å². The van der Waals surface area contributed by atoms with Crippen LogP contribution < -0.4 is 11.1 Å². The zero-order valence-electron chi connectivity index (χ0n) is 9.57. The molecule has 3 N–H and O–H groups in total. The van der Waals surface area contributed by atoms with E-state index in [1.165, 1.54) is 6.33 Å². The highest BCUT2D eigenvalue weighted by Crippen LogP contribution is 2.26. The number of rotatable bonds is 4. The van der Waals surface area contributed by atoms with Crippen molar-refractivity contribution >= 4 is 23.1 Å². The lowest BCUT2D eigenvalue weighted by Crippen LogP contribution is -2.39. The summed E-state index contributed by atoms with van der Waals surface area (Å²) in [6, 6.07) is 0. The average Bonchev–Trinajstić information content (AvgIpc) is 2.81. The average molecular weight is 259 g/mol. The van der Waals surface area contributed by atoms with Crippen LogP contribution in [-0.2, 0) is 9.47 Å². The van der Waals surface area contributed by atoms with Crippen LogP contribution in [0.15, 0.2) is 6.33 Å². The van der Waals surface area contributed by atoms with Gasteiger partial charge in [0.05, 0.1) is 6.61 Å². The van der Waals surface area contributed by atoms with Crippen LogP contribution in [0.3, 0.4) is 0 Å². The zero-order valence-corrected chi connectivity index (χ0v) is 10.3. The number of nitrogens with zero attached hydrogens (tertiary/aromatic N) is 2. The second-order valence-electron chi connectivity index (χ2n) is 3.97. The SMILES string of the molecule is COC1(CNc2ncnc(Cl)c2N)CCOC1. The van der Waals surface area contributed by atoms with E-state index in [1.54, 1.807) is 7.11 Å². The van der Waals surface area contributed by atoms with E-state index in [-0.39, 0.29) is 10.8 Å². The predicted octanol–water partition coefficient (Wildman–Crippen LogP) is 0.930. The summed E-state index contributed by atoms with van der Waals surface area (Å²) >= 11 is 5.81. The van der Waals surface area contributed by atoms with Gasteiger partial charge < -0.3 is 20.5 Å². The van der Waals surface area contributed by atoms with Crippen molar-refractivity contribution in [1.82, 2.24) is 9.97 Å². The molecule has 1 aliphatic rings. The molecule has 2 heterocycles. The van der Waals surface area contributed by atoms with Crippen molar-refractivity contribution in [2.24, 2.45) is 0 Å². The number of nitrogen functional groups attached to an aromatic ring is 1. The first-order chi connectivity index (χ1) is 8.17. The van der Waals surface area contributed by atoms with Gasteiger partial charge in [-0.15, -0.1) is 0 Å². The van der Waals surface area contributed by atoms with Gasteiger partial charge in [-0.05, 0) is 0 Å². The molecular weight excluding hydrogens is 244 g/mol. The van der Waals surface area contributed by atoms with E-state index in [0.717, 1.165) is 6.42 Å². The van der Waals surface area contributed by atoms with Gasteiger partial charge in [-0.1, -0.05) is 11.6 Å². The van der Waals surface area contributed by atoms with E-state index in [0.29, 0.717) is 31.3 Å². The van der Waals surface area contributed by atoms with E-state index < -0.39 is 0 Å². The molecular formula is C10H15ClN4O2. The Morgan fingerprint density at radius 3 is 3.12 bits per heavy atom. The summed E-state index contributed by atoms with van der Waals surface area (Å²) in [5, 5.41) is 3.37. The zero-order chi connectivity index (χ0) is 12.3. The normalized spacial score (nSPS) is 23.9. The molecule has 0 bridgehead atoms. The third kappa shape index (κ3) is 2.59. The maximum absolute atomic E-state index is 5.81.